The van der Waals surface area contributed by atoms with Crippen molar-refractivity contribution in [1.29, 1.82) is 0 Å². The normalized spacial score (nSPS) is 20.1. The van der Waals surface area contributed by atoms with Gasteiger partial charge >= 0.3 is 6.09 Å². The van der Waals surface area contributed by atoms with Crippen LogP contribution in [0.25, 0.3) is 33.1 Å². The first-order chi connectivity index (χ1) is 21.1. The summed E-state index contributed by atoms with van der Waals surface area (Å²) in [6, 6.07) is 4.94. The smallest absolute Gasteiger partial charge is 0.407 e. The topological polar surface area (TPSA) is 108 Å². The molecule has 5 heterocycles. The van der Waals surface area contributed by atoms with E-state index in [2.05, 4.69) is 35.0 Å². The van der Waals surface area contributed by atoms with Gasteiger partial charge in [0.15, 0.2) is 5.65 Å². The van der Waals surface area contributed by atoms with E-state index in [4.69, 9.17) is 26.1 Å². The van der Waals surface area contributed by atoms with Gasteiger partial charge in [-0.2, -0.15) is 10.1 Å². The average Bonchev–Trinajstić information content (AvgIpc) is 3.51. The van der Waals surface area contributed by atoms with Gasteiger partial charge in [0.1, 0.15) is 12.3 Å². The van der Waals surface area contributed by atoms with Crippen molar-refractivity contribution in [3.8, 4) is 11.1 Å². The molecule has 3 aliphatic rings. The molecule has 1 aromatic carbocycles. The van der Waals surface area contributed by atoms with Gasteiger partial charge in [-0.3, -0.25) is 14.0 Å². The summed E-state index contributed by atoms with van der Waals surface area (Å²) < 4.78 is 17.0. The first kappa shape index (κ1) is 31.6. The van der Waals surface area contributed by atoms with Gasteiger partial charge in [-0.15, -0.1) is 0 Å². The zero-order chi connectivity index (χ0) is 32.4. The molecule has 4 aromatic rings. The Hall–Kier alpha value is -3.35. The van der Waals surface area contributed by atoms with Crippen molar-refractivity contribution in [3.05, 3.63) is 39.9 Å². The second-order valence-corrected chi connectivity index (χ2v) is 20.8. The number of carbonyl (C=O) groups excluding carboxylic acids is 1. The maximum atomic E-state index is 14.2. The summed E-state index contributed by atoms with van der Waals surface area (Å²) >= 11 is 6.96. The number of nitrogens with one attached hydrogen (secondary N) is 1. The highest BCUT2D eigenvalue weighted by atomic mass is 35.5. The lowest BCUT2D eigenvalue weighted by atomic mass is 9.66. The molecule has 2 aliphatic heterocycles. The maximum absolute atomic E-state index is 14.2. The van der Waals surface area contributed by atoms with Gasteiger partial charge in [0, 0.05) is 76.8 Å². The van der Waals surface area contributed by atoms with Crippen LogP contribution in [0.2, 0.25) is 30.7 Å². The van der Waals surface area contributed by atoms with Crippen LogP contribution in [-0.4, -0.2) is 69.4 Å². The summed E-state index contributed by atoms with van der Waals surface area (Å²) in [5.41, 5.74) is 2.15. The van der Waals surface area contributed by atoms with E-state index in [1.54, 1.807) is 16.3 Å². The molecular weight excluding hydrogens is 610 g/mol. The van der Waals surface area contributed by atoms with E-state index in [1.807, 2.05) is 56.9 Å². The molecule has 2 saturated heterocycles. The third-order valence-electron chi connectivity index (χ3n) is 8.83. The minimum Gasteiger partial charge on any atom is -0.444 e. The molecule has 1 unspecified atom stereocenters. The molecule has 0 spiro atoms. The van der Waals surface area contributed by atoms with Crippen molar-refractivity contribution >= 4 is 53.7 Å². The standard InChI is InChI=1S/C32H44ClN7O4Si/c1-32(2,3)44-31(42)34-27-19-13-20(27)15-39(14-19)30-35-28-25(29(41)38(30)5)22(17-40(28)18-43-11-12-45(6,7)8)21-9-10-24-23(26(21)33)16-37(4)36-24/h9-10,16-17,19-20,27H,11-15,18H2,1-8H3,(H,34,42)/t19-,20+,27?. The van der Waals surface area contributed by atoms with Crippen molar-refractivity contribution in [3.63, 3.8) is 0 Å². The molecule has 3 fully saturated rings. The number of piperidine rings is 2. The molecule has 45 heavy (non-hydrogen) atoms. The van der Waals surface area contributed by atoms with Crippen molar-refractivity contribution in [2.24, 2.45) is 25.9 Å². The van der Waals surface area contributed by atoms with Gasteiger partial charge in [-0.25, -0.2) is 4.79 Å². The molecule has 3 aromatic heterocycles. The molecule has 7 rings (SSSR count). The molecule has 11 nitrogen and oxygen atoms in total. The molecule has 1 aliphatic carbocycles. The number of ether oxygens (including phenoxy) is 2. The number of alkyl carbamates (subject to hydrolysis) is 1. The molecule has 242 valence electrons. The van der Waals surface area contributed by atoms with Gasteiger partial charge < -0.3 is 24.3 Å². The van der Waals surface area contributed by atoms with Crippen LogP contribution in [-0.2, 0) is 30.3 Å². The third kappa shape index (κ3) is 6.24. The number of benzene rings is 1. The second-order valence-electron chi connectivity index (χ2n) is 14.8. The molecule has 13 heteroatoms. The average molecular weight is 654 g/mol. The summed E-state index contributed by atoms with van der Waals surface area (Å²) in [5.74, 6) is 1.11. The number of fused-ring (bicyclic) bond motifs is 4. The van der Waals surface area contributed by atoms with E-state index in [9.17, 15) is 9.59 Å². The zero-order valence-corrected chi connectivity index (χ0v) is 29.2. The Morgan fingerprint density at radius 3 is 2.49 bits per heavy atom. The van der Waals surface area contributed by atoms with Crippen molar-refractivity contribution in [1.82, 2.24) is 29.2 Å². The minimum atomic E-state index is -1.28. The Kier molecular flexibility index (Phi) is 8.06. The summed E-state index contributed by atoms with van der Waals surface area (Å²) in [6.45, 7) is 14.9. The fourth-order valence-electron chi connectivity index (χ4n) is 6.55. The van der Waals surface area contributed by atoms with Crippen molar-refractivity contribution < 1.29 is 14.3 Å². The number of aryl methyl sites for hydroxylation is 1. The lowest BCUT2D eigenvalue weighted by molar-refractivity contribution is 0.0281. The fraction of sp³-hybridized carbons (Fsp3) is 0.562. The van der Waals surface area contributed by atoms with Crippen molar-refractivity contribution in [2.45, 2.75) is 71.3 Å². The third-order valence-corrected chi connectivity index (χ3v) is 10.9. The molecular formula is C32H44ClN7O4Si. The molecule has 1 saturated carbocycles. The quantitative estimate of drug-likeness (QED) is 0.195. The van der Waals surface area contributed by atoms with Gasteiger partial charge in [-0.05, 0) is 51.1 Å². The van der Waals surface area contributed by atoms with E-state index < -0.39 is 13.7 Å². The lowest BCUT2D eigenvalue weighted by Crippen LogP contribution is -2.65. The van der Waals surface area contributed by atoms with Gasteiger partial charge in [0.2, 0.25) is 5.95 Å². The van der Waals surface area contributed by atoms with Crippen LogP contribution in [0, 0.1) is 11.8 Å². The van der Waals surface area contributed by atoms with Gasteiger partial charge in [0.25, 0.3) is 5.56 Å². The van der Waals surface area contributed by atoms with Crippen LogP contribution < -0.4 is 15.8 Å². The number of rotatable bonds is 8. The first-order valence-electron chi connectivity index (χ1n) is 15.6. The fourth-order valence-corrected chi connectivity index (χ4v) is 7.62. The Bertz CT molecular complexity index is 1820. The molecule has 0 radical (unpaired) electrons. The van der Waals surface area contributed by atoms with Crippen LogP contribution in [0.3, 0.4) is 0 Å². The Balaban J connectivity index is 1.35. The number of nitrogens with zero attached hydrogens (tertiary/aromatic N) is 6. The second kappa shape index (κ2) is 11.5. The highest BCUT2D eigenvalue weighted by Gasteiger charge is 2.48. The van der Waals surface area contributed by atoms with E-state index in [1.165, 1.54) is 0 Å². The van der Waals surface area contributed by atoms with E-state index in [0.717, 1.165) is 34.5 Å². The maximum Gasteiger partial charge on any atom is 0.407 e. The molecule has 3 atom stereocenters. The number of halogens is 1. The number of aromatic nitrogens is 5. The van der Waals surface area contributed by atoms with Crippen LogP contribution in [0.15, 0.2) is 29.3 Å². The van der Waals surface area contributed by atoms with E-state index in [-0.39, 0.29) is 36.3 Å². The first-order valence-corrected chi connectivity index (χ1v) is 19.7. The summed E-state index contributed by atoms with van der Waals surface area (Å²) in [5, 5.41) is 9.44. The van der Waals surface area contributed by atoms with Crippen LogP contribution >= 0.6 is 11.6 Å². The number of amides is 1. The highest BCUT2D eigenvalue weighted by molar-refractivity contribution is 6.76. The number of hydrogen-bond donors (Lipinski definition) is 1. The summed E-state index contributed by atoms with van der Waals surface area (Å²) in [6.07, 6.45) is 4.47. The SMILES string of the molecule is Cn1cc2c(Cl)c(-c3cn(COCC[Si](C)(C)C)c4nc(N5C[C@H]6C[C@@H](C5)C6NC(=O)OC(C)(C)C)n(C)c(=O)c34)ccc2n1. The highest BCUT2D eigenvalue weighted by Crippen LogP contribution is 2.42. The zero-order valence-electron chi connectivity index (χ0n) is 27.5. The minimum absolute atomic E-state index is 0.0524. The van der Waals surface area contributed by atoms with Crippen molar-refractivity contribution in [2.75, 3.05) is 24.6 Å². The Morgan fingerprint density at radius 1 is 1.11 bits per heavy atom. The Morgan fingerprint density at radius 2 is 1.82 bits per heavy atom. The predicted molar refractivity (Wildman–Crippen MR) is 181 cm³/mol. The lowest BCUT2D eigenvalue weighted by Gasteiger charge is -2.53. The van der Waals surface area contributed by atoms with Gasteiger partial charge in [-0.1, -0.05) is 37.3 Å². The summed E-state index contributed by atoms with van der Waals surface area (Å²) in [4.78, 5) is 34.0. The van der Waals surface area contributed by atoms with E-state index in [0.29, 0.717) is 41.7 Å². The van der Waals surface area contributed by atoms with E-state index >= 15 is 0 Å². The molecule has 2 bridgehead atoms. The molecule has 1 N–H and O–H groups in total. The number of hydrogen-bond acceptors (Lipinski definition) is 7. The predicted octanol–water partition coefficient (Wildman–Crippen LogP) is 5.60. The monoisotopic (exact) mass is 653 g/mol. The Labute approximate surface area is 269 Å². The van der Waals surface area contributed by atoms with Crippen LogP contribution in [0.4, 0.5) is 10.7 Å². The summed E-state index contributed by atoms with van der Waals surface area (Å²) in [7, 11) is 2.36. The van der Waals surface area contributed by atoms with Gasteiger partial charge in [0.05, 0.1) is 15.9 Å². The number of anilines is 1. The number of carbonyl (C=O) groups is 1. The van der Waals surface area contributed by atoms with Crippen LogP contribution in [0.1, 0.15) is 27.2 Å². The van der Waals surface area contributed by atoms with Crippen LogP contribution in [0.5, 0.6) is 0 Å². The largest absolute Gasteiger partial charge is 0.444 e. The molecule has 1 amide bonds.